The largest absolute Gasteiger partial charge is 0.336 e. The maximum absolute atomic E-state index is 4.09. The molecule has 18 heavy (non-hydrogen) atoms. The van der Waals surface area contributed by atoms with Crippen molar-refractivity contribution in [1.82, 2.24) is 19.8 Å². The fourth-order valence-electron chi connectivity index (χ4n) is 2.80. The molecule has 1 N–H and O–H groups in total. The molecule has 0 amide bonds. The van der Waals surface area contributed by atoms with Gasteiger partial charge >= 0.3 is 0 Å². The Kier molecular flexibility index (Phi) is 5.20. The molecule has 2 unspecified atom stereocenters. The monoisotopic (exact) mass is 250 g/mol. The van der Waals surface area contributed by atoms with E-state index in [-0.39, 0.29) is 0 Å². The van der Waals surface area contributed by atoms with Crippen LogP contribution in [0, 0.1) is 0 Å². The maximum Gasteiger partial charge on any atom is 0.0946 e. The lowest BCUT2D eigenvalue weighted by Crippen LogP contribution is -2.39. The molecular weight excluding hydrogens is 224 g/mol. The summed E-state index contributed by atoms with van der Waals surface area (Å²) in [5.74, 6) is 0. The van der Waals surface area contributed by atoms with Crippen LogP contribution in [0.5, 0.6) is 0 Å². The Hall–Kier alpha value is -0.870. The summed E-state index contributed by atoms with van der Waals surface area (Å²) in [5, 5.41) is 3.77. The summed E-state index contributed by atoms with van der Waals surface area (Å²) in [4.78, 5) is 6.64. The number of rotatable bonds is 5. The Bertz CT molecular complexity index is 323. The quantitative estimate of drug-likeness (QED) is 0.864. The van der Waals surface area contributed by atoms with Crippen molar-refractivity contribution < 1.29 is 0 Å². The zero-order valence-corrected chi connectivity index (χ0v) is 11.7. The predicted molar refractivity (Wildman–Crippen MR) is 74.6 cm³/mol. The van der Waals surface area contributed by atoms with Gasteiger partial charge in [-0.15, -0.1) is 0 Å². The van der Waals surface area contributed by atoms with E-state index in [9.17, 15) is 0 Å². The number of imidazole rings is 1. The summed E-state index contributed by atoms with van der Waals surface area (Å²) < 4.78 is 2.15. The van der Waals surface area contributed by atoms with Crippen molar-refractivity contribution in [3.63, 3.8) is 0 Å². The highest BCUT2D eigenvalue weighted by molar-refractivity contribution is 4.80. The van der Waals surface area contributed by atoms with Gasteiger partial charge in [-0.3, -0.25) is 0 Å². The van der Waals surface area contributed by atoms with Crippen LogP contribution in [-0.4, -0.2) is 46.2 Å². The highest BCUT2D eigenvalue weighted by Gasteiger charge is 2.17. The number of aromatic nitrogens is 2. The van der Waals surface area contributed by atoms with Crippen molar-refractivity contribution >= 4 is 0 Å². The van der Waals surface area contributed by atoms with Crippen LogP contribution in [0.15, 0.2) is 18.7 Å². The van der Waals surface area contributed by atoms with Crippen molar-refractivity contribution in [2.45, 2.75) is 51.7 Å². The van der Waals surface area contributed by atoms with Crippen LogP contribution in [0.1, 0.15) is 33.1 Å². The summed E-state index contributed by atoms with van der Waals surface area (Å²) in [6, 6.07) is 1.19. The summed E-state index contributed by atoms with van der Waals surface area (Å²) in [6.45, 7) is 9.24. The average Bonchev–Trinajstić information content (AvgIpc) is 2.75. The van der Waals surface area contributed by atoms with Crippen LogP contribution in [-0.2, 0) is 6.54 Å². The van der Waals surface area contributed by atoms with E-state index in [4.69, 9.17) is 0 Å². The van der Waals surface area contributed by atoms with E-state index < -0.39 is 0 Å². The number of hydrogen-bond donors (Lipinski definition) is 1. The molecule has 1 fully saturated rings. The topological polar surface area (TPSA) is 33.1 Å². The standard InChI is InChI=1S/C14H26N4/c1-3-17-8-4-5-14(6-9-17)16-13(2)11-18-10-7-15-12-18/h7,10,12-14,16H,3-6,8-9,11H2,1-2H3. The number of likely N-dealkylation sites (tertiary alicyclic amines) is 1. The van der Waals surface area contributed by atoms with Gasteiger partial charge in [0, 0.05) is 31.0 Å². The van der Waals surface area contributed by atoms with Gasteiger partial charge in [-0.25, -0.2) is 4.98 Å². The third-order valence-electron chi connectivity index (χ3n) is 3.83. The molecule has 0 spiro atoms. The Labute approximate surface area is 110 Å². The molecule has 4 nitrogen and oxygen atoms in total. The molecule has 2 rings (SSSR count). The first-order valence-electron chi connectivity index (χ1n) is 7.22. The van der Waals surface area contributed by atoms with Crippen molar-refractivity contribution in [2.24, 2.45) is 0 Å². The lowest BCUT2D eigenvalue weighted by molar-refractivity contribution is 0.294. The van der Waals surface area contributed by atoms with Gasteiger partial charge in [0.1, 0.15) is 0 Å². The molecule has 0 radical (unpaired) electrons. The molecule has 1 aromatic rings. The lowest BCUT2D eigenvalue weighted by atomic mass is 10.1. The first kappa shape index (κ1) is 13.6. The minimum atomic E-state index is 0.511. The van der Waals surface area contributed by atoms with Crippen molar-refractivity contribution in [3.8, 4) is 0 Å². The van der Waals surface area contributed by atoms with E-state index in [0.717, 1.165) is 6.54 Å². The summed E-state index contributed by atoms with van der Waals surface area (Å²) in [5.41, 5.74) is 0. The zero-order valence-electron chi connectivity index (χ0n) is 11.7. The van der Waals surface area contributed by atoms with Crippen LogP contribution in [0.3, 0.4) is 0 Å². The van der Waals surface area contributed by atoms with Crippen molar-refractivity contribution in [2.75, 3.05) is 19.6 Å². The molecule has 0 aliphatic carbocycles. The molecule has 0 bridgehead atoms. The van der Waals surface area contributed by atoms with Gasteiger partial charge in [0.25, 0.3) is 0 Å². The lowest BCUT2D eigenvalue weighted by Gasteiger charge is -2.22. The van der Waals surface area contributed by atoms with E-state index in [0.29, 0.717) is 12.1 Å². The van der Waals surface area contributed by atoms with Crippen LogP contribution < -0.4 is 5.32 Å². The van der Waals surface area contributed by atoms with Gasteiger partial charge in [-0.2, -0.15) is 0 Å². The minimum Gasteiger partial charge on any atom is -0.336 e. The summed E-state index contributed by atoms with van der Waals surface area (Å²) in [6.07, 6.45) is 9.68. The van der Waals surface area contributed by atoms with Crippen LogP contribution in [0.2, 0.25) is 0 Å². The molecule has 2 heterocycles. The van der Waals surface area contributed by atoms with Gasteiger partial charge in [-0.1, -0.05) is 6.92 Å². The molecule has 4 heteroatoms. The van der Waals surface area contributed by atoms with Gasteiger partial charge in [0.05, 0.1) is 6.33 Å². The molecule has 0 aromatic carbocycles. The zero-order chi connectivity index (χ0) is 12.8. The number of nitrogens with one attached hydrogen (secondary N) is 1. The van der Waals surface area contributed by atoms with E-state index in [2.05, 4.69) is 33.6 Å². The van der Waals surface area contributed by atoms with Gasteiger partial charge < -0.3 is 14.8 Å². The second-order valence-corrected chi connectivity index (χ2v) is 5.39. The Morgan fingerprint density at radius 1 is 1.39 bits per heavy atom. The molecule has 102 valence electrons. The molecule has 1 aromatic heterocycles. The molecule has 2 atom stereocenters. The fraction of sp³-hybridized carbons (Fsp3) is 0.786. The maximum atomic E-state index is 4.09. The third kappa shape index (κ3) is 4.10. The molecule has 0 saturated carbocycles. The summed E-state index contributed by atoms with van der Waals surface area (Å²) >= 11 is 0. The number of hydrogen-bond acceptors (Lipinski definition) is 3. The minimum absolute atomic E-state index is 0.511. The second kappa shape index (κ2) is 6.90. The van der Waals surface area contributed by atoms with E-state index >= 15 is 0 Å². The number of nitrogens with zero attached hydrogens (tertiary/aromatic N) is 3. The highest BCUT2D eigenvalue weighted by atomic mass is 15.1. The molecular formula is C14H26N4. The van der Waals surface area contributed by atoms with Gasteiger partial charge in [-0.05, 0) is 45.8 Å². The van der Waals surface area contributed by atoms with E-state index in [1.165, 1.54) is 38.9 Å². The molecule has 1 aliphatic rings. The molecule has 1 saturated heterocycles. The van der Waals surface area contributed by atoms with Gasteiger partial charge in [0.15, 0.2) is 0 Å². The normalized spacial score (nSPS) is 23.8. The fourth-order valence-corrected chi connectivity index (χ4v) is 2.80. The van der Waals surface area contributed by atoms with Crippen LogP contribution in [0.4, 0.5) is 0 Å². The Morgan fingerprint density at radius 3 is 3.00 bits per heavy atom. The van der Waals surface area contributed by atoms with Crippen LogP contribution in [0.25, 0.3) is 0 Å². The van der Waals surface area contributed by atoms with E-state index in [1.807, 2.05) is 18.7 Å². The summed E-state index contributed by atoms with van der Waals surface area (Å²) in [7, 11) is 0. The highest BCUT2D eigenvalue weighted by Crippen LogP contribution is 2.11. The predicted octanol–water partition coefficient (Wildman–Crippen LogP) is 1.74. The first-order valence-corrected chi connectivity index (χ1v) is 7.22. The Morgan fingerprint density at radius 2 is 2.28 bits per heavy atom. The third-order valence-corrected chi connectivity index (χ3v) is 3.83. The average molecular weight is 250 g/mol. The second-order valence-electron chi connectivity index (χ2n) is 5.39. The van der Waals surface area contributed by atoms with Crippen molar-refractivity contribution in [1.29, 1.82) is 0 Å². The SMILES string of the molecule is CCN1CCCC(NC(C)Cn2ccnc2)CC1. The first-order chi connectivity index (χ1) is 8.78. The van der Waals surface area contributed by atoms with Crippen LogP contribution >= 0.6 is 0 Å². The van der Waals surface area contributed by atoms with E-state index in [1.54, 1.807) is 0 Å². The van der Waals surface area contributed by atoms with Gasteiger partial charge in [0.2, 0.25) is 0 Å². The van der Waals surface area contributed by atoms with Crippen molar-refractivity contribution in [3.05, 3.63) is 18.7 Å². The molecule has 1 aliphatic heterocycles. The smallest absolute Gasteiger partial charge is 0.0946 e. The Balaban J connectivity index is 1.75.